The maximum atomic E-state index is 12.5. The molecule has 0 unspecified atom stereocenters. The molecule has 5 heteroatoms. The number of hydrogen-bond acceptors (Lipinski definition) is 2. The maximum absolute atomic E-state index is 12.5. The molecule has 0 heterocycles. The van der Waals surface area contributed by atoms with Crippen LogP contribution in [0, 0.1) is 5.92 Å². The van der Waals surface area contributed by atoms with Crippen molar-refractivity contribution in [2.45, 2.75) is 39.2 Å². The predicted octanol–water partition coefficient (Wildman–Crippen LogP) is 5.84. The van der Waals surface area contributed by atoms with Crippen LogP contribution in [-0.2, 0) is 11.2 Å². The van der Waals surface area contributed by atoms with Gasteiger partial charge in [0.25, 0.3) is 0 Å². The van der Waals surface area contributed by atoms with E-state index in [1.54, 1.807) is 13.2 Å². The summed E-state index contributed by atoms with van der Waals surface area (Å²) in [6.45, 7) is 4.30. The zero-order chi connectivity index (χ0) is 19.1. The van der Waals surface area contributed by atoms with Gasteiger partial charge in [-0.15, -0.1) is 0 Å². The molecule has 1 N–H and O–H groups in total. The van der Waals surface area contributed by atoms with Crippen molar-refractivity contribution in [2.75, 3.05) is 7.11 Å². The Kier molecular flexibility index (Phi) is 7.80. The van der Waals surface area contributed by atoms with Crippen molar-refractivity contribution in [3.05, 3.63) is 63.6 Å². The third-order valence-corrected chi connectivity index (χ3v) is 4.92. The molecule has 140 valence electrons. The number of amides is 1. The maximum Gasteiger partial charge on any atom is 0.220 e. The van der Waals surface area contributed by atoms with Crippen molar-refractivity contribution in [1.82, 2.24) is 5.32 Å². The minimum Gasteiger partial charge on any atom is -0.497 e. The van der Waals surface area contributed by atoms with Gasteiger partial charge >= 0.3 is 0 Å². The third-order valence-electron chi connectivity index (χ3n) is 4.19. The van der Waals surface area contributed by atoms with E-state index in [1.165, 1.54) is 0 Å². The molecule has 2 aromatic rings. The van der Waals surface area contributed by atoms with E-state index in [2.05, 4.69) is 19.2 Å². The molecule has 0 aliphatic heterocycles. The number of carbonyl (C=O) groups is 1. The Hall–Kier alpha value is -1.71. The van der Waals surface area contributed by atoms with Gasteiger partial charge < -0.3 is 10.1 Å². The fourth-order valence-corrected chi connectivity index (χ4v) is 3.13. The largest absolute Gasteiger partial charge is 0.497 e. The highest BCUT2D eigenvalue weighted by Gasteiger charge is 2.16. The molecule has 0 fully saturated rings. The van der Waals surface area contributed by atoms with Crippen LogP contribution >= 0.6 is 23.2 Å². The van der Waals surface area contributed by atoms with Crippen LogP contribution in [0.4, 0.5) is 0 Å². The number of nitrogens with one attached hydrogen (secondary N) is 1. The minimum absolute atomic E-state index is 0.0118. The number of rotatable bonds is 8. The molecule has 1 amide bonds. The summed E-state index contributed by atoms with van der Waals surface area (Å²) in [5.41, 5.74) is 2.08. The van der Waals surface area contributed by atoms with Crippen molar-refractivity contribution in [2.24, 2.45) is 5.92 Å². The SMILES string of the molecule is COc1ccc([C@@H](CC(C)C)NC(=O)CCc2ccc(Cl)c(Cl)c2)cc1. The number of halogens is 2. The number of aryl methyl sites for hydroxylation is 1. The van der Waals surface area contributed by atoms with Gasteiger partial charge in [0.1, 0.15) is 5.75 Å². The van der Waals surface area contributed by atoms with Crippen LogP contribution in [0.25, 0.3) is 0 Å². The number of ether oxygens (including phenoxy) is 1. The summed E-state index contributed by atoms with van der Waals surface area (Å²) >= 11 is 12.0. The first-order valence-electron chi connectivity index (χ1n) is 8.76. The van der Waals surface area contributed by atoms with Crippen LogP contribution < -0.4 is 10.1 Å². The Balaban J connectivity index is 1.99. The summed E-state index contributed by atoms with van der Waals surface area (Å²) in [6.07, 6.45) is 1.91. The summed E-state index contributed by atoms with van der Waals surface area (Å²) in [5.74, 6) is 1.30. The lowest BCUT2D eigenvalue weighted by molar-refractivity contribution is -0.121. The summed E-state index contributed by atoms with van der Waals surface area (Å²) in [5, 5.41) is 4.20. The lowest BCUT2D eigenvalue weighted by Crippen LogP contribution is -2.29. The van der Waals surface area contributed by atoms with Gasteiger partial charge in [-0.05, 0) is 54.2 Å². The van der Waals surface area contributed by atoms with Gasteiger partial charge in [-0.25, -0.2) is 0 Å². The Morgan fingerprint density at radius 1 is 1.08 bits per heavy atom. The van der Waals surface area contributed by atoms with Crippen LogP contribution in [0.15, 0.2) is 42.5 Å². The monoisotopic (exact) mass is 393 g/mol. The van der Waals surface area contributed by atoms with Gasteiger partial charge in [-0.3, -0.25) is 4.79 Å². The van der Waals surface area contributed by atoms with Gasteiger partial charge in [-0.1, -0.05) is 55.2 Å². The highest BCUT2D eigenvalue weighted by Crippen LogP contribution is 2.25. The molecule has 3 nitrogen and oxygen atoms in total. The molecule has 2 aromatic carbocycles. The highest BCUT2D eigenvalue weighted by molar-refractivity contribution is 6.42. The summed E-state index contributed by atoms with van der Waals surface area (Å²) in [6, 6.07) is 13.3. The molecule has 0 saturated heterocycles. The Labute approximate surface area is 165 Å². The second kappa shape index (κ2) is 9.84. The number of benzene rings is 2. The fourth-order valence-electron chi connectivity index (χ4n) is 2.81. The van der Waals surface area contributed by atoms with Crippen molar-refractivity contribution in [3.8, 4) is 5.75 Å². The van der Waals surface area contributed by atoms with E-state index in [0.29, 0.717) is 28.8 Å². The molecular weight excluding hydrogens is 369 g/mol. The van der Waals surface area contributed by atoms with Gasteiger partial charge in [0.15, 0.2) is 0 Å². The number of methoxy groups -OCH3 is 1. The second-order valence-electron chi connectivity index (χ2n) is 6.77. The van der Waals surface area contributed by atoms with Crippen molar-refractivity contribution in [1.29, 1.82) is 0 Å². The molecule has 1 atom stereocenters. The van der Waals surface area contributed by atoms with E-state index in [9.17, 15) is 4.79 Å². The molecule has 0 bridgehead atoms. The normalized spacial score (nSPS) is 12.1. The van der Waals surface area contributed by atoms with Crippen LogP contribution in [0.3, 0.4) is 0 Å². The van der Waals surface area contributed by atoms with Crippen LogP contribution in [0.1, 0.15) is 43.9 Å². The number of carbonyl (C=O) groups excluding carboxylic acids is 1. The molecule has 0 spiro atoms. The first-order chi connectivity index (χ1) is 12.4. The van der Waals surface area contributed by atoms with E-state index in [-0.39, 0.29) is 11.9 Å². The average molecular weight is 394 g/mol. The van der Waals surface area contributed by atoms with Gasteiger partial charge in [0.05, 0.1) is 23.2 Å². The standard InChI is InChI=1S/C21H25Cl2NO2/c1-14(2)12-20(16-6-8-17(26-3)9-7-16)24-21(25)11-5-15-4-10-18(22)19(23)13-15/h4,6-10,13-14,20H,5,11-12H2,1-3H3,(H,24,25)/t20-/m1/s1. The molecule has 0 aliphatic rings. The van der Waals surface area contributed by atoms with Crippen molar-refractivity contribution in [3.63, 3.8) is 0 Å². The summed E-state index contributed by atoms with van der Waals surface area (Å²) in [7, 11) is 1.64. The smallest absolute Gasteiger partial charge is 0.220 e. The lowest BCUT2D eigenvalue weighted by atomic mass is 9.96. The van der Waals surface area contributed by atoms with E-state index in [1.807, 2.05) is 36.4 Å². The van der Waals surface area contributed by atoms with Crippen LogP contribution in [0.5, 0.6) is 5.75 Å². The molecule has 0 aromatic heterocycles. The Bertz CT molecular complexity index is 729. The van der Waals surface area contributed by atoms with Crippen molar-refractivity contribution < 1.29 is 9.53 Å². The fraction of sp³-hybridized carbons (Fsp3) is 0.381. The predicted molar refractivity (Wildman–Crippen MR) is 108 cm³/mol. The van der Waals surface area contributed by atoms with Gasteiger partial charge in [0.2, 0.25) is 5.91 Å². The number of hydrogen-bond donors (Lipinski definition) is 1. The topological polar surface area (TPSA) is 38.3 Å². The van der Waals surface area contributed by atoms with E-state index >= 15 is 0 Å². The first-order valence-corrected chi connectivity index (χ1v) is 9.52. The summed E-state index contributed by atoms with van der Waals surface area (Å²) < 4.78 is 5.21. The van der Waals surface area contributed by atoms with E-state index in [0.717, 1.165) is 23.3 Å². The van der Waals surface area contributed by atoms with Gasteiger partial charge in [-0.2, -0.15) is 0 Å². The van der Waals surface area contributed by atoms with E-state index < -0.39 is 0 Å². The van der Waals surface area contributed by atoms with Crippen LogP contribution in [0.2, 0.25) is 10.0 Å². The lowest BCUT2D eigenvalue weighted by Gasteiger charge is -2.21. The molecule has 2 rings (SSSR count). The highest BCUT2D eigenvalue weighted by atomic mass is 35.5. The zero-order valence-corrected chi connectivity index (χ0v) is 16.9. The third kappa shape index (κ3) is 6.22. The second-order valence-corrected chi connectivity index (χ2v) is 7.59. The van der Waals surface area contributed by atoms with E-state index in [4.69, 9.17) is 27.9 Å². The average Bonchev–Trinajstić information content (AvgIpc) is 2.62. The first kappa shape index (κ1) is 20.6. The van der Waals surface area contributed by atoms with Crippen LogP contribution in [-0.4, -0.2) is 13.0 Å². The quantitative estimate of drug-likeness (QED) is 0.611. The summed E-state index contributed by atoms with van der Waals surface area (Å²) in [4.78, 5) is 12.5. The Morgan fingerprint density at radius 3 is 2.35 bits per heavy atom. The minimum atomic E-state index is -0.0118. The molecule has 0 saturated carbocycles. The van der Waals surface area contributed by atoms with Crippen molar-refractivity contribution >= 4 is 29.1 Å². The zero-order valence-electron chi connectivity index (χ0n) is 15.4. The van der Waals surface area contributed by atoms with Gasteiger partial charge in [0, 0.05) is 6.42 Å². The molecule has 0 radical (unpaired) electrons. The molecule has 26 heavy (non-hydrogen) atoms. The molecular formula is C21H25Cl2NO2. The molecule has 0 aliphatic carbocycles. The Morgan fingerprint density at radius 2 is 1.77 bits per heavy atom.